The van der Waals surface area contributed by atoms with E-state index in [4.69, 9.17) is 10.5 Å². The molecule has 3 N–H and O–H groups in total. The van der Waals surface area contributed by atoms with Crippen LogP contribution in [-0.4, -0.2) is 25.8 Å². The minimum Gasteiger partial charge on any atom is -0.377 e. The maximum Gasteiger partial charge on any atom is 0.0699 e. The van der Waals surface area contributed by atoms with Crippen LogP contribution in [0.15, 0.2) is 30.3 Å². The molecule has 0 spiro atoms. The first kappa shape index (κ1) is 14.5. The molecule has 0 aromatic heterocycles. The van der Waals surface area contributed by atoms with Crippen molar-refractivity contribution in [3.05, 3.63) is 35.9 Å². The van der Waals surface area contributed by atoms with Gasteiger partial charge in [-0.05, 0) is 37.3 Å². The van der Waals surface area contributed by atoms with Gasteiger partial charge in [0, 0.05) is 19.2 Å². The van der Waals surface area contributed by atoms with E-state index in [1.165, 1.54) is 24.8 Å². The van der Waals surface area contributed by atoms with Crippen LogP contribution in [0.5, 0.6) is 0 Å². The summed E-state index contributed by atoms with van der Waals surface area (Å²) in [6.07, 6.45) is 4.09. The molecule has 1 aliphatic heterocycles. The molecule has 1 aromatic carbocycles. The van der Waals surface area contributed by atoms with Crippen LogP contribution in [0.25, 0.3) is 0 Å². The van der Waals surface area contributed by atoms with Gasteiger partial charge in [-0.3, -0.25) is 0 Å². The predicted molar refractivity (Wildman–Crippen MR) is 79.0 cm³/mol. The van der Waals surface area contributed by atoms with Gasteiger partial charge in [-0.25, -0.2) is 0 Å². The third-order valence-corrected chi connectivity index (χ3v) is 3.91. The second-order valence-corrected chi connectivity index (χ2v) is 5.56. The lowest BCUT2D eigenvalue weighted by molar-refractivity contribution is 0.0165. The first-order valence-electron chi connectivity index (χ1n) is 7.40. The maximum absolute atomic E-state index is 6.29. The zero-order chi connectivity index (χ0) is 13.5. The van der Waals surface area contributed by atoms with Crippen LogP contribution in [0.1, 0.15) is 37.8 Å². The molecule has 3 nitrogen and oxygen atoms in total. The van der Waals surface area contributed by atoms with E-state index in [0.29, 0.717) is 12.0 Å². The summed E-state index contributed by atoms with van der Waals surface area (Å²) in [4.78, 5) is 0. The first-order valence-corrected chi connectivity index (χ1v) is 7.40. The van der Waals surface area contributed by atoms with Crippen LogP contribution in [0, 0.1) is 5.92 Å². The van der Waals surface area contributed by atoms with Gasteiger partial charge in [-0.2, -0.15) is 0 Å². The van der Waals surface area contributed by atoms with Crippen LogP contribution < -0.4 is 11.1 Å². The Hall–Kier alpha value is -0.900. The lowest BCUT2D eigenvalue weighted by Crippen LogP contribution is -2.36. The SMILES string of the molecule is CC(CNCC1CCCCO1)C(N)c1ccccc1. The van der Waals surface area contributed by atoms with Crippen LogP contribution >= 0.6 is 0 Å². The molecule has 3 heteroatoms. The molecule has 1 aromatic rings. The lowest BCUT2D eigenvalue weighted by atomic mass is 9.95. The molecule has 1 aliphatic rings. The Balaban J connectivity index is 1.70. The topological polar surface area (TPSA) is 47.3 Å². The molecule has 1 fully saturated rings. The van der Waals surface area contributed by atoms with Crippen molar-refractivity contribution in [1.29, 1.82) is 0 Å². The smallest absolute Gasteiger partial charge is 0.0699 e. The van der Waals surface area contributed by atoms with Gasteiger partial charge in [0.1, 0.15) is 0 Å². The normalized spacial score (nSPS) is 22.9. The van der Waals surface area contributed by atoms with E-state index in [-0.39, 0.29) is 6.04 Å². The molecular formula is C16H26N2O. The molecule has 1 saturated heterocycles. The van der Waals surface area contributed by atoms with Gasteiger partial charge in [0.25, 0.3) is 0 Å². The van der Waals surface area contributed by atoms with Gasteiger partial charge >= 0.3 is 0 Å². The highest BCUT2D eigenvalue weighted by Gasteiger charge is 2.16. The van der Waals surface area contributed by atoms with E-state index in [1.807, 2.05) is 18.2 Å². The zero-order valence-corrected chi connectivity index (χ0v) is 11.8. The number of nitrogens with one attached hydrogen (secondary N) is 1. The average molecular weight is 262 g/mol. The Morgan fingerprint density at radius 2 is 2.11 bits per heavy atom. The Labute approximate surface area is 116 Å². The molecule has 1 heterocycles. The average Bonchev–Trinajstić information content (AvgIpc) is 2.48. The van der Waals surface area contributed by atoms with E-state index >= 15 is 0 Å². The fourth-order valence-corrected chi connectivity index (χ4v) is 2.57. The van der Waals surface area contributed by atoms with Crippen molar-refractivity contribution in [2.24, 2.45) is 11.7 Å². The van der Waals surface area contributed by atoms with Crippen LogP contribution in [-0.2, 0) is 4.74 Å². The number of hydrogen-bond donors (Lipinski definition) is 2. The molecular weight excluding hydrogens is 236 g/mol. The summed E-state index contributed by atoms with van der Waals surface area (Å²) in [6, 6.07) is 10.4. The molecule has 106 valence electrons. The van der Waals surface area contributed by atoms with E-state index < -0.39 is 0 Å². The largest absolute Gasteiger partial charge is 0.377 e. The molecule has 3 atom stereocenters. The summed E-state index contributed by atoms with van der Waals surface area (Å²) < 4.78 is 5.71. The first-order chi connectivity index (χ1) is 9.27. The van der Waals surface area contributed by atoms with Gasteiger partial charge in [0.05, 0.1) is 6.10 Å². The summed E-state index contributed by atoms with van der Waals surface area (Å²) in [7, 11) is 0. The molecule has 2 rings (SSSR count). The Morgan fingerprint density at radius 3 is 2.79 bits per heavy atom. The highest BCUT2D eigenvalue weighted by Crippen LogP contribution is 2.18. The second kappa shape index (κ2) is 7.63. The van der Waals surface area contributed by atoms with E-state index in [9.17, 15) is 0 Å². The highest BCUT2D eigenvalue weighted by atomic mass is 16.5. The van der Waals surface area contributed by atoms with Crippen molar-refractivity contribution in [3.63, 3.8) is 0 Å². The Morgan fingerprint density at radius 1 is 1.32 bits per heavy atom. The van der Waals surface area contributed by atoms with Gasteiger partial charge in [-0.15, -0.1) is 0 Å². The van der Waals surface area contributed by atoms with Crippen molar-refractivity contribution in [1.82, 2.24) is 5.32 Å². The predicted octanol–water partition coefficient (Wildman–Crippen LogP) is 2.48. The molecule has 3 unspecified atom stereocenters. The van der Waals surface area contributed by atoms with E-state index in [1.54, 1.807) is 0 Å². The van der Waals surface area contributed by atoms with Crippen molar-refractivity contribution < 1.29 is 4.74 Å². The lowest BCUT2D eigenvalue weighted by Gasteiger charge is -2.25. The van der Waals surface area contributed by atoms with Crippen molar-refractivity contribution >= 4 is 0 Å². The Bertz CT molecular complexity index is 349. The molecule has 0 radical (unpaired) electrons. The standard InChI is InChI=1S/C16H26N2O/c1-13(16(17)14-7-3-2-4-8-14)11-18-12-15-9-5-6-10-19-15/h2-4,7-8,13,15-16,18H,5-6,9-12,17H2,1H3. The third kappa shape index (κ3) is 4.60. The number of ether oxygens (including phenoxy) is 1. The highest BCUT2D eigenvalue weighted by molar-refractivity contribution is 5.19. The summed E-state index contributed by atoms with van der Waals surface area (Å²) in [5.41, 5.74) is 7.50. The van der Waals surface area contributed by atoms with Crippen LogP contribution in [0.3, 0.4) is 0 Å². The summed E-state index contributed by atoms with van der Waals surface area (Å²) >= 11 is 0. The van der Waals surface area contributed by atoms with Crippen LogP contribution in [0.4, 0.5) is 0 Å². The zero-order valence-electron chi connectivity index (χ0n) is 11.8. The van der Waals surface area contributed by atoms with E-state index in [2.05, 4.69) is 24.4 Å². The van der Waals surface area contributed by atoms with Crippen LogP contribution in [0.2, 0.25) is 0 Å². The minimum atomic E-state index is 0.0981. The van der Waals surface area contributed by atoms with Crippen molar-refractivity contribution in [2.75, 3.05) is 19.7 Å². The van der Waals surface area contributed by atoms with E-state index in [0.717, 1.165) is 19.7 Å². The van der Waals surface area contributed by atoms with Gasteiger partial charge in [-0.1, -0.05) is 37.3 Å². The molecule has 0 bridgehead atoms. The van der Waals surface area contributed by atoms with Gasteiger partial charge in [0.15, 0.2) is 0 Å². The fourth-order valence-electron chi connectivity index (χ4n) is 2.57. The molecule has 0 aliphatic carbocycles. The van der Waals surface area contributed by atoms with Gasteiger partial charge in [0.2, 0.25) is 0 Å². The number of hydrogen-bond acceptors (Lipinski definition) is 3. The summed E-state index contributed by atoms with van der Waals surface area (Å²) in [5.74, 6) is 0.422. The fraction of sp³-hybridized carbons (Fsp3) is 0.625. The minimum absolute atomic E-state index is 0.0981. The van der Waals surface area contributed by atoms with Gasteiger partial charge < -0.3 is 15.8 Å². The third-order valence-electron chi connectivity index (χ3n) is 3.91. The Kier molecular flexibility index (Phi) is 5.83. The number of rotatable bonds is 6. The number of benzene rings is 1. The molecule has 0 amide bonds. The summed E-state index contributed by atoms with van der Waals surface area (Å²) in [6.45, 7) is 5.01. The maximum atomic E-state index is 6.29. The quantitative estimate of drug-likeness (QED) is 0.828. The number of nitrogens with two attached hydrogens (primary N) is 1. The second-order valence-electron chi connectivity index (χ2n) is 5.56. The van der Waals surface area contributed by atoms with Crippen molar-refractivity contribution in [3.8, 4) is 0 Å². The van der Waals surface area contributed by atoms with Crippen molar-refractivity contribution in [2.45, 2.75) is 38.3 Å². The summed E-state index contributed by atoms with van der Waals surface area (Å²) in [5, 5.41) is 3.50. The molecule has 0 saturated carbocycles. The monoisotopic (exact) mass is 262 g/mol. The molecule has 19 heavy (non-hydrogen) atoms.